The van der Waals surface area contributed by atoms with Crippen molar-refractivity contribution in [2.24, 2.45) is 0 Å². The van der Waals surface area contributed by atoms with Crippen molar-refractivity contribution >= 4 is 9.84 Å². The van der Waals surface area contributed by atoms with Gasteiger partial charge in [0.1, 0.15) is 11.8 Å². The zero-order chi connectivity index (χ0) is 9.90. The zero-order valence-electron chi connectivity index (χ0n) is 8.49. The fourth-order valence-corrected chi connectivity index (χ4v) is 3.75. The number of rotatable bonds is 4. The Morgan fingerprint density at radius 1 is 1.54 bits per heavy atom. The Morgan fingerprint density at radius 3 is 2.69 bits per heavy atom. The second-order valence-corrected chi connectivity index (χ2v) is 6.35. The third kappa shape index (κ3) is 3.65. The quantitative estimate of drug-likeness (QED) is 0.700. The molecule has 1 saturated heterocycles. The first-order valence-corrected chi connectivity index (χ1v) is 6.91. The number of sulfone groups is 1. The molecule has 2 atom stereocenters. The molecule has 1 aliphatic rings. The SMILES string of the molecule is CCC[C@@H](C)[NH2+][C@@H]1CCS(=O)(=O)C1. The maximum absolute atomic E-state index is 11.2. The molecular weight excluding hydrogens is 186 g/mol. The summed E-state index contributed by atoms with van der Waals surface area (Å²) in [5.41, 5.74) is 0. The highest BCUT2D eigenvalue weighted by atomic mass is 32.2. The predicted octanol–water partition coefficient (Wildman–Crippen LogP) is -0.0745. The van der Waals surface area contributed by atoms with E-state index in [1.165, 1.54) is 12.8 Å². The van der Waals surface area contributed by atoms with E-state index in [1.807, 2.05) is 0 Å². The topological polar surface area (TPSA) is 50.8 Å². The van der Waals surface area contributed by atoms with Crippen molar-refractivity contribution in [1.82, 2.24) is 0 Å². The summed E-state index contributed by atoms with van der Waals surface area (Å²) < 4.78 is 22.3. The summed E-state index contributed by atoms with van der Waals surface area (Å²) in [4.78, 5) is 0. The van der Waals surface area contributed by atoms with Crippen LogP contribution in [0.2, 0.25) is 0 Å². The zero-order valence-corrected chi connectivity index (χ0v) is 9.31. The highest BCUT2D eigenvalue weighted by Gasteiger charge is 2.31. The van der Waals surface area contributed by atoms with Crippen molar-refractivity contribution in [3.63, 3.8) is 0 Å². The molecule has 3 nitrogen and oxygen atoms in total. The lowest BCUT2D eigenvalue weighted by Gasteiger charge is -2.13. The summed E-state index contributed by atoms with van der Waals surface area (Å²) in [6.07, 6.45) is 3.20. The van der Waals surface area contributed by atoms with Crippen molar-refractivity contribution in [2.75, 3.05) is 11.5 Å². The monoisotopic (exact) mass is 206 g/mol. The molecule has 1 rings (SSSR count). The molecule has 0 aromatic rings. The van der Waals surface area contributed by atoms with Gasteiger partial charge in [-0.05, 0) is 13.3 Å². The van der Waals surface area contributed by atoms with Crippen LogP contribution in [0, 0.1) is 0 Å². The smallest absolute Gasteiger partial charge is 0.156 e. The molecule has 0 amide bonds. The molecule has 13 heavy (non-hydrogen) atoms. The van der Waals surface area contributed by atoms with Crippen LogP contribution >= 0.6 is 0 Å². The molecule has 0 saturated carbocycles. The summed E-state index contributed by atoms with van der Waals surface area (Å²) in [6.45, 7) is 4.34. The van der Waals surface area contributed by atoms with Crippen LogP contribution in [0.5, 0.6) is 0 Å². The maximum atomic E-state index is 11.2. The van der Waals surface area contributed by atoms with Crippen LogP contribution < -0.4 is 5.32 Å². The lowest BCUT2D eigenvalue weighted by Crippen LogP contribution is -2.94. The van der Waals surface area contributed by atoms with E-state index in [0.717, 1.165) is 6.42 Å². The minimum absolute atomic E-state index is 0.326. The molecule has 1 fully saturated rings. The highest BCUT2D eigenvalue weighted by Crippen LogP contribution is 2.08. The third-order valence-corrected chi connectivity index (χ3v) is 4.41. The van der Waals surface area contributed by atoms with E-state index in [1.54, 1.807) is 0 Å². The highest BCUT2D eigenvalue weighted by molar-refractivity contribution is 7.91. The van der Waals surface area contributed by atoms with Gasteiger partial charge >= 0.3 is 0 Å². The van der Waals surface area contributed by atoms with E-state index in [-0.39, 0.29) is 0 Å². The largest absolute Gasteiger partial charge is 0.341 e. The summed E-state index contributed by atoms with van der Waals surface area (Å²) in [5, 5.41) is 2.23. The molecule has 0 radical (unpaired) electrons. The van der Waals surface area contributed by atoms with Crippen molar-refractivity contribution < 1.29 is 13.7 Å². The summed E-state index contributed by atoms with van der Waals surface area (Å²) in [7, 11) is -2.69. The molecule has 2 N–H and O–H groups in total. The summed E-state index contributed by atoms with van der Waals surface area (Å²) in [6, 6.07) is 0.898. The number of hydrogen-bond donors (Lipinski definition) is 1. The Labute approximate surface area is 80.8 Å². The van der Waals surface area contributed by atoms with Crippen LogP contribution in [0.15, 0.2) is 0 Å². The molecular formula is C9H20NO2S+. The minimum atomic E-state index is -2.69. The first kappa shape index (κ1) is 11.0. The molecule has 0 aliphatic carbocycles. The first-order valence-electron chi connectivity index (χ1n) is 5.09. The Morgan fingerprint density at radius 2 is 2.23 bits per heavy atom. The average Bonchev–Trinajstić information content (AvgIpc) is 2.30. The minimum Gasteiger partial charge on any atom is -0.341 e. The van der Waals surface area contributed by atoms with Gasteiger partial charge in [-0.25, -0.2) is 8.42 Å². The van der Waals surface area contributed by atoms with E-state index in [9.17, 15) is 8.42 Å². The van der Waals surface area contributed by atoms with E-state index in [0.29, 0.717) is 23.6 Å². The van der Waals surface area contributed by atoms with Crippen molar-refractivity contribution in [1.29, 1.82) is 0 Å². The standard InChI is InChI=1S/C9H19NO2S/c1-3-4-8(2)10-9-5-6-13(11,12)7-9/h8-10H,3-7H2,1-2H3/p+1/t8-,9-/m1/s1. The third-order valence-electron chi connectivity index (χ3n) is 2.61. The van der Waals surface area contributed by atoms with Crippen LogP contribution in [0.3, 0.4) is 0 Å². The van der Waals surface area contributed by atoms with Crippen molar-refractivity contribution in [3.8, 4) is 0 Å². The molecule has 4 heteroatoms. The molecule has 0 unspecified atom stereocenters. The van der Waals surface area contributed by atoms with Crippen LogP contribution in [-0.4, -0.2) is 32.0 Å². The molecule has 78 valence electrons. The Hall–Kier alpha value is -0.0900. The van der Waals surface area contributed by atoms with Gasteiger partial charge in [0.15, 0.2) is 9.84 Å². The summed E-state index contributed by atoms with van der Waals surface area (Å²) in [5.74, 6) is 0.786. The van der Waals surface area contributed by atoms with Gasteiger partial charge in [-0.3, -0.25) is 0 Å². The fraction of sp³-hybridized carbons (Fsp3) is 1.00. The number of quaternary nitrogens is 1. The average molecular weight is 206 g/mol. The van der Waals surface area contributed by atoms with E-state index in [4.69, 9.17) is 0 Å². The van der Waals surface area contributed by atoms with Gasteiger partial charge in [0.2, 0.25) is 0 Å². The molecule has 0 aromatic carbocycles. The van der Waals surface area contributed by atoms with Crippen molar-refractivity contribution in [2.45, 2.75) is 45.2 Å². The Bertz CT molecular complexity index is 248. The summed E-state index contributed by atoms with van der Waals surface area (Å²) >= 11 is 0. The Kier molecular flexibility index (Phi) is 3.74. The van der Waals surface area contributed by atoms with Gasteiger partial charge in [-0.15, -0.1) is 0 Å². The second kappa shape index (κ2) is 4.42. The van der Waals surface area contributed by atoms with Crippen LogP contribution in [0.4, 0.5) is 0 Å². The van der Waals surface area contributed by atoms with Gasteiger partial charge in [-0.1, -0.05) is 13.3 Å². The van der Waals surface area contributed by atoms with Gasteiger partial charge < -0.3 is 5.32 Å². The number of nitrogens with two attached hydrogens (primary N) is 1. The number of hydrogen-bond acceptors (Lipinski definition) is 2. The molecule has 1 heterocycles. The predicted molar refractivity (Wildman–Crippen MR) is 53.4 cm³/mol. The normalized spacial score (nSPS) is 28.9. The van der Waals surface area contributed by atoms with Crippen molar-refractivity contribution in [3.05, 3.63) is 0 Å². The fourth-order valence-electron chi connectivity index (χ4n) is 1.99. The van der Waals surface area contributed by atoms with Gasteiger partial charge in [0.25, 0.3) is 0 Å². The Balaban J connectivity index is 2.32. The van der Waals surface area contributed by atoms with E-state index >= 15 is 0 Å². The van der Waals surface area contributed by atoms with Gasteiger partial charge in [-0.2, -0.15) is 0 Å². The van der Waals surface area contributed by atoms with Crippen LogP contribution in [0.1, 0.15) is 33.1 Å². The van der Waals surface area contributed by atoms with E-state index in [2.05, 4.69) is 19.2 Å². The molecule has 0 bridgehead atoms. The second-order valence-electron chi connectivity index (χ2n) is 4.12. The first-order chi connectivity index (χ1) is 6.03. The van der Waals surface area contributed by atoms with Gasteiger partial charge in [0, 0.05) is 6.42 Å². The van der Waals surface area contributed by atoms with Crippen LogP contribution in [-0.2, 0) is 9.84 Å². The van der Waals surface area contributed by atoms with Crippen LogP contribution in [0.25, 0.3) is 0 Å². The lowest BCUT2D eigenvalue weighted by molar-refractivity contribution is -0.714. The molecule has 0 spiro atoms. The van der Waals surface area contributed by atoms with Gasteiger partial charge in [0.05, 0.1) is 11.8 Å². The molecule has 0 aromatic heterocycles. The lowest BCUT2D eigenvalue weighted by atomic mass is 10.1. The maximum Gasteiger partial charge on any atom is 0.156 e. The van der Waals surface area contributed by atoms with E-state index < -0.39 is 9.84 Å². The molecule has 1 aliphatic heterocycles.